The van der Waals surface area contributed by atoms with Gasteiger partial charge in [0.15, 0.2) is 0 Å². The molecule has 0 fully saturated rings. The second-order valence-electron chi connectivity index (χ2n) is 5.65. The van der Waals surface area contributed by atoms with Crippen molar-refractivity contribution in [2.45, 2.75) is 12.5 Å². The Bertz CT molecular complexity index is 913. The number of anilines is 1. The fraction of sp³-hybridized carbons (Fsp3) is 0.111. The first-order valence-corrected chi connectivity index (χ1v) is 7.47. The van der Waals surface area contributed by atoms with E-state index >= 15 is 0 Å². The van der Waals surface area contributed by atoms with E-state index in [1.807, 2.05) is 48.7 Å². The molecule has 0 aliphatic carbocycles. The van der Waals surface area contributed by atoms with E-state index in [1.54, 1.807) is 6.07 Å². The summed E-state index contributed by atoms with van der Waals surface area (Å²) in [6.45, 7) is 0. The van der Waals surface area contributed by atoms with Gasteiger partial charge in [0.05, 0.1) is 12.5 Å². The van der Waals surface area contributed by atoms with Gasteiger partial charge in [-0.15, -0.1) is 0 Å². The van der Waals surface area contributed by atoms with Gasteiger partial charge >= 0.3 is 0 Å². The molecule has 0 bridgehead atoms. The van der Waals surface area contributed by atoms with Gasteiger partial charge in [-0.25, -0.2) is 0 Å². The first kappa shape index (κ1) is 13.6. The zero-order valence-electron chi connectivity index (χ0n) is 12.3. The summed E-state index contributed by atoms with van der Waals surface area (Å²) in [5.41, 5.74) is 3.25. The molecule has 2 aromatic carbocycles. The number of aromatic amines is 1. The maximum atomic E-state index is 12.3. The van der Waals surface area contributed by atoms with E-state index in [-0.39, 0.29) is 24.3 Å². The van der Waals surface area contributed by atoms with E-state index in [0.29, 0.717) is 5.56 Å². The Morgan fingerprint density at radius 3 is 2.91 bits per heavy atom. The molecular weight excluding hydrogens is 290 g/mol. The zero-order valence-corrected chi connectivity index (χ0v) is 12.3. The van der Waals surface area contributed by atoms with Crippen LogP contribution < -0.4 is 10.6 Å². The summed E-state index contributed by atoms with van der Waals surface area (Å²) >= 11 is 0. The molecule has 1 atom stereocenters. The van der Waals surface area contributed by atoms with Crippen LogP contribution in [0.4, 0.5) is 5.69 Å². The molecular formula is C18H15N3O2. The van der Waals surface area contributed by atoms with Gasteiger partial charge in [-0.2, -0.15) is 0 Å². The van der Waals surface area contributed by atoms with Gasteiger partial charge in [0.25, 0.3) is 5.91 Å². The Morgan fingerprint density at radius 2 is 2.00 bits per heavy atom. The van der Waals surface area contributed by atoms with Crippen molar-refractivity contribution in [1.29, 1.82) is 0 Å². The van der Waals surface area contributed by atoms with Gasteiger partial charge in [0.1, 0.15) is 0 Å². The van der Waals surface area contributed by atoms with Gasteiger partial charge in [-0.3, -0.25) is 9.59 Å². The summed E-state index contributed by atoms with van der Waals surface area (Å²) in [7, 11) is 0. The Balaban J connectivity index is 1.49. The predicted octanol–water partition coefficient (Wildman–Crippen LogP) is 2.98. The highest BCUT2D eigenvalue weighted by Crippen LogP contribution is 2.28. The third-order valence-corrected chi connectivity index (χ3v) is 4.11. The van der Waals surface area contributed by atoms with Crippen LogP contribution in [-0.2, 0) is 4.79 Å². The topological polar surface area (TPSA) is 74.0 Å². The molecule has 114 valence electrons. The minimum Gasteiger partial charge on any atom is -0.361 e. The monoisotopic (exact) mass is 305 g/mol. The number of hydrogen-bond acceptors (Lipinski definition) is 2. The van der Waals surface area contributed by atoms with Crippen molar-refractivity contribution in [1.82, 2.24) is 10.3 Å². The maximum absolute atomic E-state index is 12.3. The fourth-order valence-corrected chi connectivity index (χ4v) is 3.01. The lowest BCUT2D eigenvalue weighted by Crippen LogP contribution is -2.24. The van der Waals surface area contributed by atoms with Gasteiger partial charge in [-0.05, 0) is 35.2 Å². The van der Waals surface area contributed by atoms with Gasteiger partial charge in [-0.1, -0.05) is 24.3 Å². The van der Waals surface area contributed by atoms with Crippen LogP contribution in [0.15, 0.2) is 54.7 Å². The molecule has 5 heteroatoms. The minimum atomic E-state index is -0.270. The molecule has 1 aromatic heterocycles. The Morgan fingerprint density at radius 1 is 1.13 bits per heavy atom. The van der Waals surface area contributed by atoms with Crippen molar-refractivity contribution in [2.24, 2.45) is 0 Å². The van der Waals surface area contributed by atoms with E-state index in [0.717, 1.165) is 22.2 Å². The SMILES string of the molecule is O=C(C[C@H]1NC(=O)c2ccccc21)Nc1ccc2cc[nH]c2c1. The van der Waals surface area contributed by atoms with Crippen molar-refractivity contribution in [3.8, 4) is 0 Å². The van der Waals surface area contributed by atoms with Gasteiger partial charge in [0.2, 0.25) is 5.91 Å². The number of hydrogen-bond donors (Lipinski definition) is 3. The Labute approximate surface area is 132 Å². The molecule has 0 radical (unpaired) electrons. The average molecular weight is 305 g/mol. The van der Waals surface area contributed by atoms with Crippen LogP contribution in [0.25, 0.3) is 10.9 Å². The largest absolute Gasteiger partial charge is 0.361 e. The molecule has 23 heavy (non-hydrogen) atoms. The standard InChI is InChI=1S/C18H15N3O2/c22-17(20-12-6-5-11-7-8-19-15(11)9-12)10-16-13-3-1-2-4-14(13)18(23)21-16/h1-9,16,19H,10H2,(H,20,22)(H,21,23)/t16-/m1/s1. The quantitative estimate of drug-likeness (QED) is 0.696. The van der Waals surface area contributed by atoms with Crippen LogP contribution in [0.3, 0.4) is 0 Å². The van der Waals surface area contributed by atoms with Gasteiger partial charge < -0.3 is 15.6 Å². The number of nitrogens with one attached hydrogen (secondary N) is 3. The number of fused-ring (bicyclic) bond motifs is 2. The second-order valence-corrected chi connectivity index (χ2v) is 5.65. The van der Waals surface area contributed by atoms with Crippen LogP contribution in [0, 0.1) is 0 Å². The molecule has 0 saturated heterocycles. The number of H-pyrrole nitrogens is 1. The zero-order chi connectivity index (χ0) is 15.8. The molecule has 4 rings (SSSR count). The Hall–Kier alpha value is -3.08. The number of carbonyl (C=O) groups excluding carboxylic acids is 2. The maximum Gasteiger partial charge on any atom is 0.252 e. The molecule has 2 heterocycles. The number of rotatable bonds is 3. The van der Waals surface area contributed by atoms with Crippen LogP contribution >= 0.6 is 0 Å². The lowest BCUT2D eigenvalue weighted by molar-refractivity contribution is -0.116. The lowest BCUT2D eigenvalue weighted by atomic mass is 10.0. The van der Waals surface area contributed by atoms with Crippen LogP contribution in [0.1, 0.15) is 28.4 Å². The first-order chi connectivity index (χ1) is 11.2. The van der Waals surface area contributed by atoms with E-state index in [4.69, 9.17) is 0 Å². The third kappa shape index (κ3) is 2.46. The molecule has 1 aliphatic heterocycles. The summed E-state index contributed by atoms with van der Waals surface area (Å²) in [4.78, 5) is 27.3. The number of aromatic nitrogens is 1. The van der Waals surface area contributed by atoms with E-state index in [2.05, 4.69) is 15.6 Å². The highest BCUT2D eigenvalue weighted by Gasteiger charge is 2.29. The van der Waals surface area contributed by atoms with Crippen molar-refractivity contribution in [2.75, 3.05) is 5.32 Å². The van der Waals surface area contributed by atoms with Crippen molar-refractivity contribution in [3.05, 3.63) is 65.9 Å². The van der Waals surface area contributed by atoms with Crippen LogP contribution in [0.5, 0.6) is 0 Å². The number of carbonyl (C=O) groups is 2. The van der Waals surface area contributed by atoms with E-state index in [9.17, 15) is 9.59 Å². The molecule has 3 N–H and O–H groups in total. The van der Waals surface area contributed by atoms with E-state index in [1.165, 1.54) is 0 Å². The molecule has 2 amide bonds. The van der Waals surface area contributed by atoms with Crippen LogP contribution in [-0.4, -0.2) is 16.8 Å². The third-order valence-electron chi connectivity index (χ3n) is 4.11. The molecule has 5 nitrogen and oxygen atoms in total. The molecule has 0 unspecified atom stereocenters. The highest BCUT2D eigenvalue weighted by molar-refractivity contribution is 6.01. The fourth-order valence-electron chi connectivity index (χ4n) is 3.01. The van der Waals surface area contributed by atoms with Crippen LogP contribution in [0.2, 0.25) is 0 Å². The summed E-state index contributed by atoms with van der Waals surface area (Å²) in [5, 5.41) is 6.84. The second kappa shape index (κ2) is 5.28. The smallest absolute Gasteiger partial charge is 0.252 e. The number of benzene rings is 2. The molecule has 0 saturated carbocycles. The summed E-state index contributed by atoms with van der Waals surface area (Å²) < 4.78 is 0. The van der Waals surface area contributed by atoms with E-state index < -0.39 is 0 Å². The predicted molar refractivity (Wildman–Crippen MR) is 88.2 cm³/mol. The summed E-state index contributed by atoms with van der Waals surface area (Å²) in [6, 6.07) is 14.8. The van der Waals surface area contributed by atoms with Crippen molar-refractivity contribution < 1.29 is 9.59 Å². The summed E-state index contributed by atoms with van der Waals surface area (Å²) in [5.74, 6) is -0.246. The normalized spacial score (nSPS) is 16.2. The first-order valence-electron chi connectivity index (χ1n) is 7.47. The van der Waals surface area contributed by atoms with Gasteiger partial charge in [0, 0.05) is 23.0 Å². The summed E-state index contributed by atoms with van der Waals surface area (Å²) in [6.07, 6.45) is 2.08. The molecule has 0 spiro atoms. The average Bonchev–Trinajstić information content (AvgIpc) is 3.12. The minimum absolute atomic E-state index is 0.119. The van der Waals surface area contributed by atoms with Crippen molar-refractivity contribution in [3.63, 3.8) is 0 Å². The lowest BCUT2D eigenvalue weighted by Gasteiger charge is -2.12. The highest BCUT2D eigenvalue weighted by atomic mass is 16.2. The van der Waals surface area contributed by atoms with Crippen molar-refractivity contribution >= 4 is 28.4 Å². The molecule has 1 aliphatic rings. The number of amides is 2. The Kier molecular flexibility index (Phi) is 3.12. The molecule has 3 aromatic rings.